The lowest BCUT2D eigenvalue weighted by Gasteiger charge is -2.24. The summed E-state index contributed by atoms with van der Waals surface area (Å²) in [6, 6.07) is 0. The molecule has 0 saturated carbocycles. The van der Waals surface area contributed by atoms with E-state index in [2.05, 4.69) is 24.8 Å². The van der Waals surface area contributed by atoms with Crippen LogP contribution in [-0.4, -0.2) is 51.8 Å². The molecule has 0 bridgehead atoms. The van der Waals surface area contributed by atoms with Crippen molar-refractivity contribution in [2.45, 2.75) is 44.6 Å². The molecule has 7 heteroatoms. The quantitative estimate of drug-likeness (QED) is 0.832. The predicted octanol–water partition coefficient (Wildman–Crippen LogP) is 0.795. The summed E-state index contributed by atoms with van der Waals surface area (Å²) in [5, 5.41) is 10.2. The van der Waals surface area contributed by atoms with E-state index in [9.17, 15) is 5.11 Å². The zero-order valence-electron chi connectivity index (χ0n) is 12.6. The molecule has 2 saturated heterocycles. The Bertz CT molecular complexity index is 500. The van der Waals surface area contributed by atoms with Crippen molar-refractivity contribution < 1.29 is 5.11 Å². The van der Waals surface area contributed by atoms with E-state index in [1.54, 1.807) is 0 Å². The fourth-order valence-corrected chi connectivity index (χ4v) is 3.03. The van der Waals surface area contributed by atoms with E-state index in [1.807, 2.05) is 6.92 Å². The molecule has 1 unspecified atom stereocenters. The number of nitrogen functional groups attached to an aromatic ring is 1. The van der Waals surface area contributed by atoms with Gasteiger partial charge in [-0.25, -0.2) is 0 Å². The second-order valence-corrected chi connectivity index (χ2v) is 6.33. The van der Waals surface area contributed by atoms with E-state index >= 15 is 0 Å². The molecular formula is C14H24N6O. The highest BCUT2D eigenvalue weighted by Gasteiger charge is 2.27. The largest absolute Gasteiger partial charge is 0.390 e. The first kappa shape index (κ1) is 14.3. The van der Waals surface area contributed by atoms with E-state index in [0.717, 1.165) is 45.4 Å². The Balaban J connectivity index is 1.81. The van der Waals surface area contributed by atoms with Crippen molar-refractivity contribution in [3.8, 4) is 0 Å². The molecule has 0 aromatic carbocycles. The van der Waals surface area contributed by atoms with Gasteiger partial charge in [-0.2, -0.15) is 15.0 Å². The molecule has 2 fully saturated rings. The molecule has 1 aromatic heterocycles. The highest BCUT2D eigenvalue weighted by Crippen LogP contribution is 2.25. The van der Waals surface area contributed by atoms with E-state index in [4.69, 9.17) is 5.73 Å². The molecule has 2 aliphatic rings. The van der Waals surface area contributed by atoms with Crippen LogP contribution in [0.1, 0.15) is 39.0 Å². The van der Waals surface area contributed by atoms with Crippen molar-refractivity contribution in [3.05, 3.63) is 0 Å². The maximum atomic E-state index is 10.2. The first-order chi connectivity index (χ1) is 10.0. The summed E-state index contributed by atoms with van der Waals surface area (Å²) in [7, 11) is 0. The maximum absolute atomic E-state index is 10.2. The summed E-state index contributed by atoms with van der Waals surface area (Å²) in [4.78, 5) is 17.4. The molecule has 21 heavy (non-hydrogen) atoms. The van der Waals surface area contributed by atoms with Crippen molar-refractivity contribution in [1.29, 1.82) is 0 Å². The lowest BCUT2D eigenvalue weighted by molar-refractivity contribution is 0.0481. The number of nitrogens with two attached hydrogens (primary N) is 1. The van der Waals surface area contributed by atoms with Gasteiger partial charge >= 0.3 is 0 Å². The first-order valence-corrected chi connectivity index (χ1v) is 7.77. The van der Waals surface area contributed by atoms with Gasteiger partial charge in [-0.05, 0) is 39.0 Å². The van der Waals surface area contributed by atoms with Gasteiger partial charge in [0.25, 0.3) is 0 Å². The van der Waals surface area contributed by atoms with Crippen LogP contribution in [0.2, 0.25) is 0 Å². The molecule has 3 heterocycles. The molecule has 116 valence electrons. The predicted molar refractivity (Wildman–Crippen MR) is 82.4 cm³/mol. The van der Waals surface area contributed by atoms with Gasteiger partial charge in [0.15, 0.2) is 0 Å². The van der Waals surface area contributed by atoms with Crippen LogP contribution in [0.15, 0.2) is 0 Å². The van der Waals surface area contributed by atoms with Gasteiger partial charge in [-0.15, -0.1) is 0 Å². The number of hydrogen-bond acceptors (Lipinski definition) is 7. The third-order valence-electron chi connectivity index (χ3n) is 4.36. The van der Waals surface area contributed by atoms with Crippen molar-refractivity contribution in [2.75, 3.05) is 41.7 Å². The average molecular weight is 292 g/mol. The molecule has 1 atom stereocenters. The Hall–Kier alpha value is -1.63. The van der Waals surface area contributed by atoms with Crippen LogP contribution in [0, 0.1) is 0 Å². The molecule has 2 aliphatic heterocycles. The summed E-state index contributed by atoms with van der Waals surface area (Å²) >= 11 is 0. The Morgan fingerprint density at radius 1 is 0.905 bits per heavy atom. The topological polar surface area (TPSA) is 91.4 Å². The summed E-state index contributed by atoms with van der Waals surface area (Å²) in [6.45, 7) is 5.46. The number of nitrogens with zero attached hydrogens (tertiary/aromatic N) is 5. The minimum atomic E-state index is -0.592. The Morgan fingerprint density at radius 2 is 1.48 bits per heavy atom. The van der Waals surface area contributed by atoms with Crippen LogP contribution >= 0.6 is 0 Å². The highest BCUT2D eigenvalue weighted by atomic mass is 16.3. The Kier molecular flexibility index (Phi) is 3.84. The van der Waals surface area contributed by atoms with Crippen LogP contribution in [0.25, 0.3) is 0 Å². The van der Waals surface area contributed by atoms with E-state index < -0.39 is 5.60 Å². The molecule has 0 aliphatic carbocycles. The van der Waals surface area contributed by atoms with Crippen molar-refractivity contribution in [2.24, 2.45) is 0 Å². The fourth-order valence-electron chi connectivity index (χ4n) is 3.03. The third-order valence-corrected chi connectivity index (χ3v) is 4.36. The molecule has 3 rings (SSSR count). The van der Waals surface area contributed by atoms with Gasteiger partial charge in [0.1, 0.15) is 0 Å². The number of aromatic nitrogens is 3. The van der Waals surface area contributed by atoms with E-state index in [1.165, 1.54) is 12.8 Å². The SMILES string of the molecule is CC1(O)CCCN(c2nc(N)nc(N3CCCC3)n2)CC1. The van der Waals surface area contributed by atoms with Crippen molar-refractivity contribution in [1.82, 2.24) is 15.0 Å². The van der Waals surface area contributed by atoms with Crippen molar-refractivity contribution >= 4 is 17.8 Å². The van der Waals surface area contributed by atoms with Crippen LogP contribution in [0.5, 0.6) is 0 Å². The van der Waals surface area contributed by atoms with Gasteiger partial charge < -0.3 is 20.6 Å². The molecule has 0 amide bonds. The summed E-state index contributed by atoms with van der Waals surface area (Å²) in [6.07, 6.45) is 4.80. The standard InChI is InChI=1S/C14H24N6O/c1-14(21)5-4-9-20(10-6-14)13-17-11(15)16-12(18-13)19-7-2-3-8-19/h21H,2-10H2,1H3,(H2,15,16,17,18). The second-order valence-electron chi connectivity index (χ2n) is 6.33. The molecule has 3 N–H and O–H groups in total. The number of aliphatic hydroxyl groups is 1. The zero-order valence-corrected chi connectivity index (χ0v) is 12.6. The number of anilines is 3. The summed E-state index contributed by atoms with van der Waals surface area (Å²) in [5.41, 5.74) is 5.27. The van der Waals surface area contributed by atoms with Crippen molar-refractivity contribution in [3.63, 3.8) is 0 Å². The second kappa shape index (κ2) is 5.63. The van der Waals surface area contributed by atoms with Gasteiger partial charge in [0.05, 0.1) is 5.60 Å². The van der Waals surface area contributed by atoms with Crippen LogP contribution in [-0.2, 0) is 0 Å². The van der Waals surface area contributed by atoms with Gasteiger partial charge in [0.2, 0.25) is 17.8 Å². The molecule has 0 radical (unpaired) electrons. The average Bonchev–Trinajstić information content (AvgIpc) is 2.89. The molecular weight excluding hydrogens is 268 g/mol. The summed E-state index contributed by atoms with van der Waals surface area (Å²) < 4.78 is 0. The Labute approximate surface area is 125 Å². The zero-order chi connectivity index (χ0) is 14.9. The van der Waals surface area contributed by atoms with E-state index in [0.29, 0.717) is 11.9 Å². The molecule has 7 nitrogen and oxygen atoms in total. The minimum absolute atomic E-state index is 0.276. The molecule has 0 spiro atoms. The van der Waals surface area contributed by atoms with Crippen LogP contribution in [0.4, 0.5) is 17.8 Å². The number of rotatable bonds is 2. The number of hydrogen-bond donors (Lipinski definition) is 2. The first-order valence-electron chi connectivity index (χ1n) is 7.77. The van der Waals surface area contributed by atoms with Crippen LogP contribution < -0.4 is 15.5 Å². The molecule has 1 aromatic rings. The lowest BCUT2D eigenvalue weighted by Crippen LogP contribution is -2.30. The van der Waals surface area contributed by atoms with E-state index in [-0.39, 0.29) is 5.95 Å². The van der Waals surface area contributed by atoms with Gasteiger partial charge in [-0.3, -0.25) is 0 Å². The lowest BCUT2D eigenvalue weighted by atomic mass is 9.98. The normalized spacial score (nSPS) is 27.0. The Morgan fingerprint density at radius 3 is 2.14 bits per heavy atom. The third kappa shape index (κ3) is 3.34. The van der Waals surface area contributed by atoms with Crippen LogP contribution in [0.3, 0.4) is 0 Å². The van der Waals surface area contributed by atoms with Gasteiger partial charge in [0, 0.05) is 26.2 Å². The smallest absolute Gasteiger partial charge is 0.231 e. The fraction of sp³-hybridized carbons (Fsp3) is 0.786. The minimum Gasteiger partial charge on any atom is -0.390 e. The highest BCUT2D eigenvalue weighted by molar-refractivity contribution is 5.44. The van der Waals surface area contributed by atoms with Gasteiger partial charge in [-0.1, -0.05) is 0 Å². The summed E-state index contributed by atoms with van der Waals surface area (Å²) in [5.74, 6) is 1.60. The monoisotopic (exact) mass is 292 g/mol. The maximum Gasteiger partial charge on any atom is 0.231 e.